The summed E-state index contributed by atoms with van der Waals surface area (Å²) in [5.74, 6) is 0.548. The summed E-state index contributed by atoms with van der Waals surface area (Å²) in [6.07, 6.45) is 1.35. The molecule has 1 aromatic rings. The molecule has 0 atom stereocenters. The quantitative estimate of drug-likeness (QED) is 0.837. The van der Waals surface area contributed by atoms with E-state index in [1.807, 2.05) is 6.92 Å². The van der Waals surface area contributed by atoms with Gasteiger partial charge in [0.15, 0.2) is 0 Å². The van der Waals surface area contributed by atoms with Gasteiger partial charge in [0.25, 0.3) is 0 Å². The summed E-state index contributed by atoms with van der Waals surface area (Å²) < 4.78 is 0. The Morgan fingerprint density at radius 3 is 2.86 bits per heavy atom. The van der Waals surface area contributed by atoms with Gasteiger partial charge in [0.2, 0.25) is 5.91 Å². The van der Waals surface area contributed by atoms with Crippen LogP contribution in [0.5, 0.6) is 0 Å². The van der Waals surface area contributed by atoms with Gasteiger partial charge in [-0.1, -0.05) is 18.5 Å². The van der Waals surface area contributed by atoms with Crippen LogP contribution in [-0.2, 0) is 4.79 Å². The number of amides is 1. The molecule has 0 saturated carbocycles. The number of aryl methyl sites for hydroxylation is 1. The van der Waals surface area contributed by atoms with E-state index >= 15 is 0 Å². The molecule has 0 aromatic carbocycles. The maximum atomic E-state index is 11.2. The average Bonchev–Trinajstić information content (AvgIpc) is 2.12. The number of aromatic nitrogens is 1. The Balaban J connectivity index is 2.68. The summed E-state index contributed by atoms with van der Waals surface area (Å²) in [5, 5.41) is 3.31. The molecule has 14 heavy (non-hydrogen) atoms. The smallest absolute Gasteiger partial charge is 0.225 e. The van der Waals surface area contributed by atoms with Gasteiger partial charge in [-0.15, -0.1) is 0 Å². The minimum atomic E-state index is -0.0123. The van der Waals surface area contributed by atoms with Crippen molar-refractivity contribution in [2.24, 2.45) is 0 Å². The van der Waals surface area contributed by atoms with E-state index in [1.54, 1.807) is 19.1 Å². The second-order valence-corrected chi connectivity index (χ2v) is 3.47. The molecular formula is C10H13ClN2O. The highest BCUT2D eigenvalue weighted by Gasteiger charge is 2.03. The second-order valence-electron chi connectivity index (χ2n) is 3.06. The van der Waals surface area contributed by atoms with E-state index in [4.69, 9.17) is 11.6 Å². The van der Waals surface area contributed by atoms with Crippen molar-refractivity contribution >= 4 is 23.3 Å². The van der Waals surface area contributed by atoms with Gasteiger partial charge in [-0.05, 0) is 25.5 Å². The minimum absolute atomic E-state index is 0.0123. The van der Waals surface area contributed by atoms with Crippen LogP contribution in [0.4, 0.5) is 5.82 Å². The molecule has 0 aliphatic rings. The predicted molar refractivity (Wildman–Crippen MR) is 57.5 cm³/mol. The van der Waals surface area contributed by atoms with Crippen molar-refractivity contribution in [3.63, 3.8) is 0 Å². The normalized spacial score (nSPS) is 9.93. The number of carbonyl (C=O) groups excluding carboxylic acids is 1. The number of nitrogens with zero attached hydrogens (tertiary/aromatic N) is 1. The third-order valence-electron chi connectivity index (χ3n) is 1.77. The lowest BCUT2D eigenvalue weighted by molar-refractivity contribution is -0.116. The number of carbonyl (C=O) groups is 1. The summed E-state index contributed by atoms with van der Waals surface area (Å²) in [6.45, 7) is 3.76. The average molecular weight is 213 g/mol. The van der Waals surface area contributed by atoms with Gasteiger partial charge in [-0.3, -0.25) is 4.79 Å². The standard InChI is InChI=1S/C10H13ClN2O/c1-3-4-10(14)13-9-6-5-8(11)7(2)12-9/h5-6H,3-4H2,1-2H3,(H,12,13,14). The first kappa shape index (κ1) is 11.0. The first-order valence-electron chi connectivity index (χ1n) is 4.56. The van der Waals surface area contributed by atoms with Crippen LogP contribution in [0, 0.1) is 6.92 Å². The molecule has 0 aliphatic heterocycles. The van der Waals surface area contributed by atoms with Crippen LogP contribution in [0.2, 0.25) is 5.02 Å². The molecule has 1 rings (SSSR count). The van der Waals surface area contributed by atoms with Gasteiger partial charge in [-0.25, -0.2) is 4.98 Å². The number of hydrogen-bond acceptors (Lipinski definition) is 2. The molecule has 0 spiro atoms. The number of halogens is 1. The summed E-state index contributed by atoms with van der Waals surface area (Å²) >= 11 is 5.80. The Morgan fingerprint density at radius 1 is 1.57 bits per heavy atom. The summed E-state index contributed by atoms with van der Waals surface area (Å²) in [5.41, 5.74) is 0.723. The van der Waals surface area contributed by atoms with Crippen LogP contribution in [0.3, 0.4) is 0 Å². The summed E-state index contributed by atoms with van der Waals surface area (Å²) in [7, 11) is 0. The van der Waals surface area contributed by atoms with Gasteiger partial charge >= 0.3 is 0 Å². The van der Waals surface area contributed by atoms with Crippen LogP contribution < -0.4 is 5.32 Å². The lowest BCUT2D eigenvalue weighted by atomic mass is 10.3. The van der Waals surface area contributed by atoms with Gasteiger partial charge in [0.1, 0.15) is 5.82 Å². The number of hydrogen-bond donors (Lipinski definition) is 1. The van der Waals surface area contributed by atoms with Crippen LogP contribution in [0.25, 0.3) is 0 Å². The van der Waals surface area contributed by atoms with Crippen molar-refractivity contribution in [2.45, 2.75) is 26.7 Å². The fraction of sp³-hybridized carbons (Fsp3) is 0.400. The Kier molecular flexibility index (Phi) is 3.89. The minimum Gasteiger partial charge on any atom is -0.311 e. The largest absolute Gasteiger partial charge is 0.311 e. The third kappa shape index (κ3) is 3.00. The highest BCUT2D eigenvalue weighted by Crippen LogP contribution is 2.15. The second kappa shape index (κ2) is 4.96. The molecule has 1 amide bonds. The van der Waals surface area contributed by atoms with Gasteiger partial charge in [-0.2, -0.15) is 0 Å². The maximum absolute atomic E-state index is 11.2. The van der Waals surface area contributed by atoms with Crippen molar-refractivity contribution in [1.29, 1.82) is 0 Å². The van der Waals surface area contributed by atoms with Crippen molar-refractivity contribution in [3.8, 4) is 0 Å². The monoisotopic (exact) mass is 212 g/mol. The molecule has 1 aromatic heterocycles. The number of anilines is 1. The molecule has 76 valence electrons. The highest BCUT2D eigenvalue weighted by molar-refractivity contribution is 6.31. The Hall–Kier alpha value is -1.09. The Labute approximate surface area is 88.5 Å². The van der Waals surface area contributed by atoms with Crippen molar-refractivity contribution in [2.75, 3.05) is 5.32 Å². The Bertz CT molecular complexity index is 339. The molecule has 1 heterocycles. The molecule has 0 aliphatic carbocycles. The molecule has 1 N–H and O–H groups in total. The molecule has 0 saturated heterocycles. The van der Waals surface area contributed by atoms with E-state index < -0.39 is 0 Å². The van der Waals surface area contributed by atoms with Crippen LogP contribution in [0.1, 0.15) is 25.5 Å². The summed E-state index contributed by atoms with van der Waals surface area (Å²) in [6, 6.07) is 3.42. The van der Waals surface area contributed by atoms with Crippen molar-refractivity contribution in [1.82, 2.24) is 4.98 Å². The van der Waals surface area contributed by atoms with Crippen molar-refractivity contribution in [3.05, 3.63) is 22.8 Å². The van der Waals surface area contributed by atoms with Crippen molar-refractivity contribution < 1.29 is 4.79 Å². The van der Waals surface area contributed by atoms with Crippen LogP contribution in [0.15, 0.2) is 12.1 Å². The first-order chi connectivity index (χ1) is 6.63. The lowest BCUT2D eigenvalue weighted by Crippen LogP contribution is -2.11. The summed E-state index contributed by atoms with van der Waals surface area (Å²) in [4.78, 5) is 15.4. The van der Waals surface area contributed by atoms with Crippen LogP contribution in [-0.4, -0.2) is 10.9 Å². The number of pyridine rings is 1. The molecular weight excluding hydrogens is 200 g/mol. The van der Waals surface area contributed by atoms with Gasteiger partial charge < -0.3 is 5.32 Å². The molecule has 3 nitrogen and oxygen atoms in total. The highest BCUT2D eigenvalue weighted by atomic mass is 35.5. The zero-order valence-electron chi connectivity index (χ0n) is 8.30. The lowest BCUT2D eigenvalue weighted by Gasteiger charge is -2.04. The zero-order valence-corrected chi connectivity index (χ0v) is 9.06. The van der Waals surface area contributed by atoms with Crippen LogP contribution >= 0.6 is 11.6 Å². The zero-order chi connectivity index (χ0) is 10.6. The van der Waals surface area contributed by atoms with E-state index in [0.29, 0.717) is 17.3 Å². The van der Waals surface area contributed by atoms with Gasteiger partial charge in [0.05, 0.1) is 10.7 Å². The predicted octanol–water partition coefficient (Wildman–Crippen LogP) is 2.78. The number of nitrogens with one attached hydrogen (secondary N) is 1. The SMILES string of the molecule is CCCC(=O)Nc1ccc(Cl)c(C)n1. The fourth-order valence-corrected chi connectivity index (χ4v) is 1.15. The van der Waals surface area contributed by atoms with E-state index in [2.05, 4.69) is 10.3 Å². The Morgan fingerprint density at radius 2 is 2.29 bits per heavy atom. The molecule has 0 unspecified atom stereocenters. The van der Waals surface area contributed by atoms with E-state index in [0.717, 1.165) is 12.1 Å². The number of rotatable bonds is 3. The fourth-order valence-electron chi connectivity index (χ4n) is 1.05. The van der Waals surface area contributed by atoms with E-state index in [9.17, 15) is 4.79 Å². The molecule has 4 heteroatoms. The van der Waals surface area contributed by atoms with E-state index in [-0.39, 0.29) is 5.91 Å². The van der Waals surface area contributed by atoms with E-state index in [1.165, 1.54) is 0 Å². The molecule has 0 bridgehead atoms. The topological polar surface area (TPSA) is 42.0 Å². The maximum Gasteiger partial charge on any atom is 0.225 e. The third-order valence-corrected chi connectivity index (χ3v) is 2.17. The first-order valence-corrected chi connectivity index (χ1v) is 4.94. The van der Waals surface area contributed by atoms with Gasteiger partial charge in [0, 0.05) is 6.42 Å². The molecule has 0 fully saturated rings. The molecule has 0 radical (unpaired) electrons.